The second-order valence-corrected chi connectivity index (χ2v) is 5.70. The highest BCUT2D eigenvalue weighted by Gasteiger charge is 2.25. The molecule has 14 heavy (non-hydrogen) atoms. The Morgan fingerprint density at radius 1 is 1.36 bits per heavy atom. The predicted octanol–water partition coefficient (Wildman–Crippen LogP) is 2.33. The van der Waals surface area contributed by atoms with Crippen molar-refractivity contribution in [2.24, 2.45) is 0 Å². The molecule has 1 rings (SSSR count). The van der Waals surface area contributed by atoms with Gasteiger partial charge in [-0.2, -0.15) is 0 Å². The molecule has 1 atom stereocenters. The molecule has 0 fully saturated rings. The first kappa shape index (κ1) is 12.1. The highest BCUT2D eigenvalue weighted by molar-refractivity contribution is 7.79. The fourth-order valence-electron chi connectivity index (χ4n) is 0.885. The molecule has 1 aromatic rings. The number of benzene rings is 1. The van der Waals surface area contributed by atoms with E-state index < -0.39 is 14.9 Å². The standard InChI is InChI=1S/C7H6Cl3NO2S/c8-7(9,10)5-3-4(14(12)13)1-2-6(5)11/h1-3H,11H2,(H,12,13)/p-1. The van der Waals surface area contributed by atoms with E-state index in [1.165, 1.54) is 18.2 Å². The van der Waals surface area contributed by atoms with Crippen molar-refractivity contribution in [2.75, 3.05) is 5.73 Å². The largest absolute Gasteiger partial charge is 0.768 e. The van der Waals surface area contributed by atoms with Crippen molar-refractivity contribution in [1.82, 2.24) is 0 Å². The fraction of sp³-hybridized carbons (Fsp3) is 0.143. The maximum Gasteiger partial charge on any atom is 0.218 e. The topological polar surface area (TPSA) is 66.2 Å². The number of alkyl halides is 3. The van der Waals surface area contributed by atoms with Crippen LogP contribution in [0.5, 0.6) is 0 Å². The summed E-state index contributed by atoms with van der Waals surface area (Å²) >= 11 is 14.4. The molecular weight excluding hydrogens is 269 g/mol. The molecule has 1 unspecified atom stereocenters. The minimum Gasteiger partial charge on any atom is -0.768 e. The van der Waals surface area contributed by atoms with Gasteiger partial charge in [-0.1, -0.05) is 34.8 Å². The van der Waals surface area contributed by atoms with E-state index >= 15 is 0 Å². The summed E-state index contributed by atoms with van der Waals surface area (Å²) in [4.78, 5) is 0.0283. The molecule has 7 heteroatoms. The van der Waals surface area contributed by atoms with Crippen LogP contribution in [-0.4, -0.2) is 8.76 Å². The summed E-state index contributed by atoms with van der Waals surface area (Å²) in [6.07, 6.45) is 0. The molecule has 0 aromatic heterocycles. The van der Waals surface area contributed by atoms with Crippen molar-refractivity contribution < 1.29 is 8.76 Å². The van der Waals surface area contributed by atoms with Gasteiger partial charge < -0.3 is 10.3 Å². The number of halogens is 3. The average molecular weight is 274 g/mol. The van der Waals surface area contributed by atoms with E-state index in [1.54, 1.807) is 0 Å². The van der Waals surface area contributed by atoms with Crippen molar-refractivity contribution in [3.05, 3.63) is 23.8 Å². The Bertz CT molecular complexity index is 378. The Morgan fingerprint density at radius 2 is 1.93 bits per heavy atom. The van der Waals surface area contributed by atoms with Gasteiger partial charge in [-0.15, -0.1) is 0 Å². The molecule has 0 saturated heterocycles. The SMILES string of the molecule is Nc1ccc(S(=O)[O-])cc1C(Cl)(Cl)Cl. The first-order valence-corrected chi connectivity index (χ1v) is 5.59. The van der Waals surface area contributed by atoms with Gasteiger partial charge in [0.2, 0.25) is 3.79 Å². The third-order valence-corrected chi connectivity index (χ3v) is 2.77. The van der Waals surface area contributed by atoms with Gasteiger partial charge in [-0.05, 0) is 29.3 Å². The van der Waals surface area contributed by atoms with Gasteiger partial charge >= 0.3 is 0 Å². The van der Waals surface area contributed by atoms with Crippen LogP contribution in [-0.2, 0) is 14.9 Å². The Balaban J connectivity index is 3.29. The van der Waals surface area contributed by atoms with Crippen molar-refractivity contribution in [3.63, 3.8) is 0 Å². The van der Waals surface area contributed by atoms with Crippen molar-refractivity contribution >= 4 is 51.6 Å². The van der Waals surface area contributed by atoms with Crippen molar-refractivity contribution in [3.8, 4) is 0 Å². The summed E-state index contributed by atoms with van der Waals surface area (Å²) in [7, 11) is 0. The Kier molecular flexibility index (Phi) is 3.66. The van der Waals surface area contributed by atoms with Gasteiger partial charge in [0.15, 0.2) is 0 Å². The average Bonchev–Trinajstić information content (AvgIpc) is 2.02. The highest BCUT2D eigenvalue weighted by Crippen LogP contribution is 2.41. The summed E-state index contributed by atoms with van der Waals surface area (Å²) in [6.45, 7) is 0. The molecule has 0 radical (unpaired) electrons. The van der Waals surface area contributed by atoms with E-state index in [-0.39, 0.29) is 16.1 Å². The lowest BCUT2D eigenvalue weighted by atomic mass is 10.2. The molecule has 78 valence electrons. The molecule has 0 saturated carbocycles. The molecule has 0 heterocycles. The number of anilines is 1. The summed E-state index contributed by atoms with van der Waals surface area (Å²) in [5.41, 5.74) is 5.91. The lowest BCUT2D eigenvalue weighted by molar-refractivity contribution is 0.537. The normalized spacial score (nSPS) is 14.0. The monoisotopic (exact) mass is 272 g/mol. The quantitative estimate of drug-likeness (QED) is 0.485. The summed E-state index contributed by atoms with van der Waals surface area (Å²) in [5.74, 6) is 0. The zero-order valence-electron chi connectivity index (χ0n) is 6.67. The van der Waals surface area contributed by atoms with Crippen LogP contribution in [0.3, 0.4) is 0 Å². The van der Waals surface area contributed by atoms with Gasteiger partial charge in [0.25, 0.3) is 0 Å². The Morgan fingerprint density at radius 3 is 2.36 bits per heavy atom. The van der Waals surface area contributed by atoms with E-state index in [0.717, 1.165) is 0 Å². The molecule has 1 aromatic carbocycles. The molecule has 0 amide bonds. The van der Waals surface area contributed by atoms with Gasteiger partial charge in [0, 0.05) is 16.1 Å². The number of rotatable bonds is 1. The smallest absolute Gasteiger partial charge is 0.218 e. The molecule has 2 N–H and O–H groups in total. The van der Waals surface area contributed by atoms with E-state index in [2.05, 4.69) is 0 Å². The van der Waals surface area contributed by atoms with Crippen LogP contribution >= 0.6 is 34.8 Å². The molecule has 0 aliphatic rings. The van der Waals surface area contributed by atoms with Gasteiger partial charge in [0.1, 0.15) is 0 Å². The van der Waals surface area contributed by atoms with E-state index in [9.17, 15) is 8.76 Å². The lowest BCUT2D eigenvalue weighted by Crippen LogP contribution is -2.06. The molecule has 0 aliphatic carbocycles. The Labute approximate surface area is 98.4 Å². The molecule has 3 nitrogen and oxygen atoms in total. The van der Waals surface area contributed by atoms with Gasteiger partial charge in [-0.25, -0.2) is 0 Å². The molecule has 0 spiro atoms. The highest BCUT2D eigenvalue weighted by atomic mass is 35.6. The maximum atomic E-state index is 10.6. The summed E-state index contributed by atoms with van der Waals surface area (Å²) in [6, 6.07) is 3.94. The Hall–Kier alpha value is -0.000000000000000111. The minimum absolute atomic E-state index is 0.0283. The van der Waals surface area contributed by atoms with Crippen LogP contribution in [0.15, 0.2) is 23.1 Å². The van der Waals surface area contributed by atoms with Crippen LogP contribution in [0.4, 0.5) is 5.69 Å². The first-order chi connectivity index (χ1) is 6.32. The summed E-state index contributed by atoms with van der Waals surface area (Å²) in [5, 5.41) is 0. The van der Waals surface area contributed by atoms with Gasteiger partial charge in [0.05, 0.1) is 0 Å². The van der Waals surface area contributed by atoms with E-state index in [1.807, 2.05) is 0 Å². The van der Waals surface area contributed by atoms with E-state index in [4.69, 9.17) is 40.5 Å². The number of hydrogen-bond donors (Lipinski definition) is 1. The van der Waals surface area contributed by atoms with Crippen molar-refractivity contribution in [1.29, 1.82) is 0 Å². The zero-order valence-corrected chi connectivity index (χ0v) is 9.75. The molecular formula is C7H5Cl3NO2S-. The molecule has 0 aliphatic heterocycles. The third kappa shape index (κ3) is 2.74. The lowest BCUT2D eigenvalue weighted by Gasteiger charge is -2.16. The van der Waals surface area contributed by atoms with Crippen LogP contribution in [0.2, 0.25) is 0 Å². The maximum absolute atomic E-state index is 10.6. The first-order valence-electron chi connectivity index (χ1n) is 3.38. The van der Waals surface area contributed by atoms with Gasteiger partial charge in [-0.3, -0.25) is 4.21 Å². The number of nitrogens with two attached hydrogens (primary N) is 1. The fourth-order valence-corrected chi connectivity index (χ4v) is 1.77. The van der Waals surface area contributed by atoms with E-state index in [0.29, 0.717) is 0 Å². The second-order valence-electron chi connectivity index (χ2n) is 2.48. The minimum atomic E-state index is -2.36. The van der Waals surface area contributed by atoms with Crippen LogP contribution in [0.1, 0.15) is 5.56 Å². The van der Waals surface area contributed by atoms with Crippen LogP contribution in [0.25, 0.3) is 0 Å². The number of nitrogen functional groups attached to an aromatic ring is 1. The zero-order chi connectivity index (χ0) is 10.9. The van der Waals surface area contributed by atoms with Crippen LogP contribution in [0, 0.1) is 0 Å². The third-order valence-electron chi connectivity index (χ3n) is 1.52. The molecule has 0 bridgehead atoms. The number of hydrogen-bond acceptors (Lipinski definition) is 3. The van der Waals surface area contributed by atoms with Crippen LogP contribution < -0.4 is 5.73 Å². The summed E-state index contributed by atoms with van der Waals surface area (Å²) < 4.78 is 19.5. The van der Waals surface area contributed by atoms with Crippen molar-refractivity contribution in [2.45, 2.75) is 8.69 Å². The predicted molar refractivity (Wildman–Crippen MR) is 57.3 cm³/mol. The second kappa shape index (κ2) is 4.24.